The highest BCUT2D eigenvalue weighted by molar-refractivity contribution is 6.30. The number of anilines is 1. The van der Waals surface area contributed by atoms with E-state index < -0.39 is 0 Å². The summed E-state index contributed by atoms with van der Waals surface area (Å²) in [5.74, 6) is 0.256. The fraction of sp³-hybridized carbons (Fsp3) is 0.200. The molecule has 1 aliphatic heterocycles. The van der Waals surface area contributed by atoms with Crippen LogP contribution in [-0.2, 0) is 11.4 Å². The Morgan fingerprint density at radius 2 is 2.15 bits per heavy atom. The molecule has 4 rings (SSSR count). The van der Waals surface area contributed by atoms with E-state index in [9.17, 15) is 9.90 Å². The van der Waals surface area contributed by atoms with Gasteiger partial charge in [0, 0.05) is 27.6 Å². The van der Waals surface area contributed by atoms with E-state index in [0.29, 0.717) is 29.5 Å². The maximum Gasteiger partial charge on any atom is 0.232 e. The minimum Gasteiger partial charge on any atom is -0.493 e. The van der Waals surface area contributed by atoms with Crippen molar-refractivity contribution < 1.29 is 14.6 Å². The van der Waals surface area contributed by atoms with Crippen LogP contribution in [0, 0.1) is 0 Å². The third-order valence-electron chi connectivity index (χ3n) is 4.59. The number of ether oxygens (including phenoxy) is 1. The lowest BCUT2D eigenvalue weighted by atomic mass is 9.92. The van der Waals surface area contributed by atoms with Gasteiger partial charge in [-0.25, -0.2) is 0 Å². The molecule has 0 saturated heterocycles. The van der Waals surface area contributed by atoms with E-state index in [1.807, 2.05) is 18.2 Å². The molecule has 0 bridgehead atoms. The van der Waals surface area contributed by atoms with Crippen LogP contribution in [0.1, 0.15) is 23.5 Å². The molecular formula is C20H17ClN2O3. The molecule has 1 aliphatic rings. The summed E-state index contributed by atoms with van der Waals surface area (Å²) >= 11 is 6.10. The molecule has 132 valence electrons. The maximum absolute atomic E-state index is 12.9. The fourth-order valence-corrected chi connectivity index (χ4v) is 3.46. The summed E-state index contributed by atoms with van der Waals surface area (Å²) in [4.78, 5) is 17.1. The number of benzene rings is 2. The topological polar surface area (TPSA) is 71.5 Å². The molecule has 2 aromatic carbocycles. The second-order valence-electron chi connectivity index (χ2n) is 6.26. The standard InChI is InChI=1S/C20H17ClN2O3/c21-14-2-4-19-17(8-14)16(5-6-26-19)20(25)23-18-10-22-9-13-7-12(11-24)1-3-15(13)18/h1-4,7-10,16,24H,5-6,11H2,(H,23,25). The summed E-state index contributed by atoms with van der Waals surface area (Å²) in [6, 6.07) is 10.9. The molecule has 5 nitrogen and oxygen atoms in total. The van der Waals surface area contributed by atoms with E-state index in [1.165, 1.54) is 0 Å². The Kier molecular flexibility index (Phi) is 4.49. The molecule has 0 radical (unpaired) electrons. The molecule has 2 N–H and O–H groups in total. The third-order valence-corrected chi connectivity index (χ3v) is 4.83. The molecule has 0 fully saturated rings. The second-order valence-corrected chi connectivity index (χ2v) is 6.70. The zero-order chi connectivity index (χ0) is 18.1. The van der Waals surface area contributed by atoms with Gasteiger partial charge in [-0.1, -0.05) is 23.7 Å². The molecule has 1 atom stereocenters. The number of aromatic nitrogens is 1. The van der Waals surface area contributed by atoms with Gasteiger partial charge < -0.3 is 15.2 Å². The summed E-state index contributed by atoms with van der Waals surface area (Å²) in [6.45, 7) is 0.451. The number of nitrogens with one attached hydrogen (secondary N) is 1. The van der Waals surface area contributed by atoms with Crippen LogP contribution in [0.25, 0.3) is 10.8 Å². The predicted molar refractivity (Wildman–Crippen MR) is 101 cm³/mol. The van der Waals surface area contributed by atoms with Gasteiger partial charge in [0.2, 0.25) is 5.91 Å². The van der Waals surface area contributed by atoms with Crippen LogP contribution in [-0.4, -0.2) is 22.6 Å². The summed E-state index contributed by atoms with van der Waals surface area (Å²) in [5, 5.41) is 14.6. The smallest absolute Gasteiger partial charge is 0.232 e. The Labute approximate surface area is 155 Å². The van der Waals surface area contributed by atoms with Crippen molar-refractivity contribution in [3.05, 3.63) is 64.9 Å². The third kappa shape index (κ3) is 3.11. The molecule has 6 heteroatoms. The van der Waals surface area contributed by atoms with E-state index in [4.69, 9.17) is 16.3 Å². The number of fused-ring (bicyclic) bond motifs is 2. The van der Waals surface area contributed by atoms with Crippen LogP contribution >= 0.6 is 11.6 Å². The predicted octanol–water partition coefficient (Wildman–Crippen LogP) is 3.89. The van der Waals surface area contributed by atoms with Crippen molar-refractivity contribution in [3.8, 4) is 5.75 Å². The zero-order valence-electron chi connectivity index (χ0n) is 13.9. The van der Waals surface area contributed by atoms with Gasteiger partial charge in [0.15, 0.2) is 0 Å². The Bertz CT molecular complexity index is 990. The fourth-order valence-electron chi connectivity index (χ4n) is 3.28. The van der Waals surface area contributed by atoms with Crippen molar-refractivity contribution in [1.29, 1.82) is 0 Å². The normalized spacial score (nSPS) is 16.0. The highest BCUT2D eigenvalue weighted by Crippen LogP contribution is 2.36. The van der Waals surface area contributed by atoms with E-state index in [2.05, 4.69) is 10.3 Å². The Morgan fingerprint density at radius 3 is 3.00 bits per heavy atom. The molecule has 0 aliphatic carbocycles. The van der Waals surface area contributed by atoms with Crippen molar-refractivity contribution in [2.45, 2.75) is 18.9 Å². The quantitative estimate of drug-likeness (QED) is 0.735. The number of carbonyl (C=O) groups excluding carboxylic acids is 1. The number of aliphatic hydroxyl groups is 1. The van der Waals surface area contributed by atoms with Gasteiger partial charge in [0.1, 0.15) is 5.75 Å². The lowest BCUT2D eigenvalue weighted by Crippen LogP contribution is -2.26. The molecule has 3 aromatic rings. The number of hydrogen-bond donors (Lipinski definition) is 2. The summed E-state index contributed by atoms with van der Waals surface area (Å²) in [7, 11) is 0. The molecule has 26 heavy (non-hydrogen) atoms. The molecule has 1 amide bonds. The van der Waals surface area contributed by atoms with Crippen molar-refractivity contribution in [2.24, 2.45) is 0 Å². The molecular weight excluding hydrogens is 352 g/mol. The monoisotopic (exact) mass is 368 g/mol. The zero-order valence-corrected chi connectivity index (χ0v) is 14.7. The van der Waals surface area contributed by atoms with Crippen LogP contribution in [0.2, 0.25) is 5.02 Å². The van der Waals surface area contributed by atoms with Crippen LogP contribution in [0.5, 0.6) is 5.75 Å². The summed E-state index contributed by atoms with van der Waals surface area (Å²) in [6.07, 6.45) is 3.94. The van der Waals surface area contributed by atoms with E-state index in [1.54, 1.807) is 30.6 Å². The van der Waals surface area contributed by atoms with Crippen molar-refractivity contribution in [1.82, 2.24) is 4.98 Å². The van der Waals surface area contributed by atoms with Gasteiger partial charge >= 0.3 is 0 Å². The van der Waals surface area contributed by atoms with Crippen molar-refractivity contribution in [3.63, 3.8) is 0 Å². The molecule has 1 aromatic heterocycles. The number of rotatable bonds is 3. The number of carbonyl (C=O) groups is 1. The van der Waals surface area contributed by atoms with Crippen molar-refractivity contribution >= 4 is 34.0 Å². The minimum absolute atomic E-state index is 0.0356. The van der Waals surface area contributed by atoms with Gasteiger partial charge in [-0.05, 0) is 36.2 Å². The van der Waals surface area contributed by atoms with Gasteiger partial charge in [-0.2, -0.15) is 0 Å². The molecule has 0 saturated carbocycles. The van der Waals surface area contributed by atoms with E-state index >= 15 is 0 Å². The highest BCUT2D eigenvalue weighted by Gasteiger charge is 2.28. The van der Waals surface area contributed by atoms with Gasteiger partial charge in [0.05, 0.1) is 31.0 Å². The number of aliphatic hydroxyl groups excluding tert-OH is 1. The Morgan fingerprint density at radius 1 is 1.27 bits per heavy atom. The number of pyridine rings is 1. The van der Waals surface area contributed by atoms with Crippen LogP contribution < -0.4 is 10.1 Å². The lowest BCUT2D eigenvalue weighted by Gasteiger charge is -2.25. The molecule has 2 heterocycles. The SMILES string of the molecule is O=C(Nc1cncc2cc(CO)ccc12)C1CCOc2ccc(Cl)cc21. The maximum atomic E-state index is 12.9. The Hall–Kier alpha value is -2.63. The average molecular weight is 369 g/mol. The second kappa shape index (κ2) is 6.94. The van der Waals surface area contributed by atoms with Crippen LogP contribution in [0.15, 0.2) is 48.8 Å². The van der Waals surface area contributed by atoms with Crippen LogP contribution in [0.4, 0.5) is 5.69 Å². The number of amides is 1. The number of hydrogen-bond acceptors (Lipinski definition) is 4. The first-order chi connectivity index (χ1) is 12.7. The molecule has 0 spiro atoms. The van der Waals surface area contributed by atoms with Gasteiger partial charge in [-0.3, -0.25) is 9.78 Å². The largest absolute Gasteiger partial charge is 0.493 e. The first kappa shape index (κ1) is 16.8. The van der Waals surface area contributed by atoms with Crippen molar-refractivity contribution in [2.75, 3.05) is 11.9 Å². The van der Waals surface area contributed by atoms with Gasteiger partial charge in [0.25, 0.3) is 0 Å². The Balaban J connectivity index is 1.66. The lowest BCUT2D eigenvalue weighted by molar-refractivity contribution is -0.118. The number of halogens is 1. The first-order valence-electron chi connectivity index (χ1n) is 8.36. The molecule has 1 unspecified atom stereocenters. The minimum atomic E-state index is -0.329. The van der Waals surface area contributed by atoms with Crippen LogP contribution in [0.3, 0.4) is 0 Å². The first-order valence-corrected chi connectivity index (χ1v) is 8.74. The number of nitrogens with zero attached hydrogens (tertiary/aromatic N) is 1. The van der Waals surface area contributed by atoms with Gasteiger partial charge in [-0.15, -0.1) is 0 Å². The summed E-state index contributed by atoms with van der Waals surface area (Å²) in [5.41, 5.74) is 2.25. The average Bonchev–Trinajstić information content (AvgIpc) is 2.67. The van der Waals surface area contributed by atoms with E-state index in [0.717, 1.165) is 21.9 Å². The highest BCUT2D eigenvalue weighted by atomic mass is 35.5. The van der Waals surface area contributed by atoms with E-state index in [-0.39, 0.29) is 18.4 Å². The summed E-state index contributed by atoms with van der Waals surface area (Å²) < 4.78 is 5.63.